The van der Waals surface area contributed by atoms with Crippen LogP contribution in [0.1, 0.15) is 53.9 Å². The number of nitrogens with one attached hydrogen (secondary N) is 1. The van der Waals surface area contributed by atoms with E-state index in [9.17, 15) is 29.9 Å². The van der Waals surface area contributed by atoms with E-state index in [1.54, 1.807) is 31.3 Å². The van der Waals surface area contributed by atoms with Crippen molar-refractivity contribution in [2.75, 3.05) is 66.5 Å². The summed E-state index contributed by atoms with van der Waals surface area (Å²) in [6.07, 6.45) is 3.38. The molecule has 3 N–H and O–H groups in total. The highest BCUT2D eigenvalue weighted by molar-refractivity contribution is 6.09. The van der Waals surface area contributed by atoms with Gasteiger partial charge in [0.1, 0.15) is 5.69 Å². The van der Waals surface area contributed by atoms with E-state index in [1.165, 1.54) is 0 Å². The Balaban J connectivity index is 0.000000374. The molecular weight excluding hydrogens is 654 g/mol. The molecule has 0 unspecified atom stereocenters. The fourth-order valence-corrected chi connectivity index (χ4v) is 4.00. The van der Waals surface area contributed by atoms with Gasteiger partial charge in [-0.25, -0.2) is 0 Å². The van der Waals surface area contributed by atoms with E-state index in [2.05, 4.69) is 29.5 Å². The fourth-order valence-electron chi connectivity index (χ4n) is 4.00. The van der Waals surface area contributed by atoms with Gasteiger partial charge in [0.15, 0.2) is 11.5 Å². The molecule has 16 nitrogen and oxygen atoms in total. The van der Waals surface area contributed by atoms with Gasteiger partial charge < -0.3 is 39.2 Å². The van der Waals surface area contributed by atoms with E-state index in [4.69, 9.17) is 23.7 Å². The lowest BCUT2D eigenvalue weighted by Crippen LogP contribution is -2.20. The zero-order valence-corrected chi connectivity index (χ0v) is 29.2. The maximum atomic E-state index is 12.2. The first-order valence-corrected chi connectivity index (χ1v) is 16.3. The number of nitro groups is 1. The van der Waals surface area contributed by atoms with Crippen LogP contribution in [-0.4, -0.2) is 108 Å². The fraction of sp³-hybridized carbons (Fsp3) is 0.529. The molecule has 3 aromatic rings. The Bertz CT molecular complexity index is 1450. The van der Waals surface area contributed by atoms with Gasteiger partial charge in [-0.15, -0.1) is 5.10 Å². The third kappa shape index (κ3) is 16.8. The van der Waals surface area contributed by atoms with E-state index in [0.717, 1.165) is 36.4 Å². The Morgan fingerprint density at radius 3 is 1.98 bits per heavy atom. The predicted octanol–water partition coefficient (Wildman–Crippen LogP) is 3.59. The van der Waals surface area contributed by atoms with Crippen LogP contribution in [0.4, 0.5) is 5.69 Å². The average molecular weight is 704 g/mol. The highest BCUT2D eigenvalue weighted by Crippen LogP contribution is 2.36. The lowest BCUT2D eigenvalue weighted by molar-refractivity contribution is -0.386. The summed E-state index contributed by atoms with van der Waals surface area (Å²) in [7, 11) is 1.61. The number of aromatic hydroxyl groups is 2. The molecule has 2 aromatic carbocycles. The number of amides is 1. The van der Waals surface area contributed by atoms with Gasteiger partial charge in [0.2, 0.25) is 11.7 Å². The van der Waals surface area contributed by atoms with Crippen LogP contribution < -0.4 is 5.32 Å². The summed E-state index contributed by atoms with van der Waals surface area (Å²) in [5, 5.41) is 40.3. The van der Waals surface area contributed by atoms with Crippen LogP contribution in [0.3, 0.4) is 0 Å². The number of phenolic OH excluding ortho intramolecular Hbond substituents is 2. The molecule has 1 amide bonds. The monoisotopic (exact) mass is 703 g/mol. The zero-order chi connectivity index (χ0) is 36.7. The predicted molar refractivity (Wildman–Crippen MR) is 182 cm³/mol. The molecule has 50 heavy (non-hydrogen) atoms. The molecule has 16 heteroatoms. The number of carbonyl (C=O) groups is 2. The quantitative estimate of drug-likeness (QED) is 0.0425. The summed E-state index contributed by atoms with van der Waals surface area (Å²) < 4.78 is 28.9. The van der Waals surface area contributed by atoms with Gasteiger partial charge in [-0.2, -0.15) is 0 Å². The number of carbonyl (C=O) groups excluding carboxylic acids is 2. The number of ketones is 1. The van der Waals surface area contributed by atoms with Crippen molar-refractivity contribution in [1.82, 2.24) is 20.3 Å². The van der Waals surface area contributed by atoms with Gasteiger partial charge >= 0.3 is 5.69 Å². The number of hydrogen-bond acceptors (Lipinski definition) is 13. The van der Waals surface area contributed by atoms with Crippen molar-refractivity contribution in [3.05, 3.63) is 75.1 Å². The lowest BCUT2D eigenvalue weighted by atomic mass is 10.0. The minimum absolute atomic E-state index is 0.0281. The molecule has 0 radical (unpaired) electrons. The van der Waals surface area contributed by atoms with Crippen LogP contribution in [0, 0.1) is 23.0 Å². The van der Waals surface area contributed by atoms with Gasteiger partial charge in [0.25, 0.3) is 0 Å². The Labute approximate surface area is 291 Å². The standard InChI is InChI=1S/C20H38N4O6.C14H11NO5/c1-18(2)4-6-24-16-19(22-23-24)17-30-15-14-29-13-12-28-11-10-27-9-8-26-7-5-20(25)21-3;1-8-2-4-9(5-3-8)13(17)10-6-11(15(19)20)14(18)12(16)7-10/h16,18H,4-15,17H2,1-3H3,(H,21,25);2-7,16,18H,1H3. The molecule has 0 atom stereocenters. The Hall–Kier alpha value is -4.48. The second kappa shape index (κ2) is 23.8. The summed E-state index contributed by atoms with van der Waals surface area (Å²) in [5.41, 5.74) is 1.38. The number of phenols is 2. The van der Waals surface area contributed by atoms with Crippen LogP contribution >= 0.6 is 0 Å². The molecular formula is C34H49N5O11. The third-order valence-corrected chi connectivity index (χ3v) is 6.85. The number of ether oxygens (including phenoxy) is 5. The summed E-state index contributed by atoms with van der Waals surface area (Å²) in [6.45, 7) is 12.0. The Morgan fingerprint density at radius 1 is 0.880 bits per heavy atom. The van der Waals surface area contributed by atoms with Gasteiger partial charge in [-0.3, -0.25) is 24.4 Å². The SMILES string of the molecule is CNC(=O)CCOCCOCCOCCOCCOCc1cn(CCC(C)C)nn1.Cc1ccc(C(=O)c2cc(O)c(O)c([N+](=O)[O-])c2)cc1. The van der Waals surface area contributed by atoms with Gasteiger partial charge in [0.05, 0.1) is 77.2 Å². The van der Waals surface area contributed by atoms with Crippen molar-refractivity contribution >= 4 is 17.4 Å². The molecule has 0 aliphatic rings. The van der Waals surface area contributed by atoms with E-state index in [-0.39, 0.29) is 11.5 Å². The van der Waals surface area contributed by atoms with Gasteiger partial charge in [0, 0.05) is 37.2 Å². The smallest absolute Gasteiger partial charge is 0.315 e. The molecule has 0 fully saturated rings. The maximum absolute atomic E-state index is 12.2. The van der Waals surface area contributed by atoms with Crippen LogP contribution in [0.5, 0.6) is 11.5 Å². The van der Waals surface area contributed by atoms with Crippen molar-refractivity contribution in [1.29, 1.82) is 0 Å². The summed E-state index contributed by atoms with van der Waals surface area (Å²) in [5.74, 6) is -1.40. The molecule has 0 bridgehead atoms. The summed E-state index contributed by atoms with van der Waals surface area (Å²) >= 11 is 0. The summed E-state index contributed by atoms with van der Waals surface area (Å²) in [4.78, 5) is 33.1. The first kappa shape index (κ1) is 41.7. The second-order valence-corrected chi connectivity index (χ2v) is 11.4. The Morgan fingerprint density at radius 2 is 1.44 bits per heavy atom. The molecule has 0 aliphatic carbocycles. The normalized spacial score (nSPS) is 10.9. The number of nitrogens with zero attached hydrogens (tertiary/aromatic N) is 4. The third-order valence-electron chi connectivity index (χ3n) is 6.85. The van der Waals surface area contributed by atoms with Crippen LogP contribution in [0.2, 0.25) is 0 Å². The summed E-state index contributed by atoms with van der Waals surface area (Å²) in [6, 6.07) is 8.60. The molecule has 0 spiro atoms. The molecule has 0 aliphatic heterocycles. The lowest BCUT2D eigenvalue weighted by Gasteiger charge is -2.07. The van der Waals surface area contributed by atoms with Crippen molar-refractivity contribution in [2.45, 2.75) is 46.8 Å². The number of nitro benzene ring substituents is 1. The Kier molecular flexibility index (Phi) is 19.8. The molecule has 0 saturated carbocycles. The first-order chi connectivity index (χ1) is 24.0. The van der Waals surface area contributed by atoms with Crippen LogP contribution in [0.15, 0.2) is 42.6 Å². The maximum Gasteiger partial charge on any atom is 0.315 e. The van der Waals surface area contributed by atoms with E-state index < -0.39 is 27.9 Å². The van der Waals surface area contributed by atoms with Crippen molar-refractivity contribution in [3.8, 4) is 11.5 Å². The number of benzene rings is 2. The number of hydrogen-bond donors (Lipinski definition) is 3. The van der Waals surface area contributed by atoms with Crippen molar-refractivity contribution < 1.29 is 48.4 Å². The molecule has 1 aromatic heterocycles. The van der Waals surface area contributed by atoms with Crippen molar-refractivity contribution in [2.24, 2.45) is 5.92 Å². The molecule has 3 rings (SSSR count). The zero-order valence-electron chi connectivity index (χ0n) is 29.2. The van der Waals surface area contributed by atoms with E-state index in [1.807, 2.05) is 17.8 Å². The molecule has 276 valence electrons. The molecule has 1 heterocycles. The largest absolute Gasteiger partial charge is 0.504 e. The van der Waals surface area contributed by atoms with Crippen LogP contribution in [0.25, 0.3) is 0 Å². The van der Waals surface area contributed by atoms with Gasteiger partial charge in [-0.05, 0) is 25.3 Å². The highest BCUT2D eigenvalue weighted by atomic mass is 16.6. The molecule has 0 saturated heterocycles. The number of aryl methyl sites for hydroxylation is 2. The van der Waals surface area contributed by atoms with E-state index >= 15 is 0 Å². The number of rotatable bonds is 23. The van der Waals surface area contributed by atoms with Crippen LogP contribution in [-0.2, 0) is 41.6 Å². The minimum atomic E-state index is -0.860. The minimum Gasteiger partial charge on any atom is -0.504 e. The van der Waals surface area contributed by atoms with Gasteiger partial charge in [-0.1, -0.05) is 48.9 Å². The topological polar surface area (TPSA) is 207 Å². The van der Waals surface area contributed by atoms with Crippen molar-refractivity contribution in [3.63, 3.8) is 0 Å². The average Bonchev–Trinajstić information content (AvgIpc) is 3.56. The second-order valence-electron chi connectivity index (χ2n) is 11.4. The first-order valence-electron chi connectivity index (χ1n) is 16.3. The van der Waals surface area contributed by atoms with E-state index in [0.29, 0.717) is 84.0 Å². The highest BCUT2D eigenvalue weighted by Gasteiger charge is 2.22. The number of aromatic nitrogens is 3.